The number of benzene rings is 1. The first-order valence-corrected chi connectivity index (χ1v) is 6.90. The highest BCUT2D eigenvalue weighted by Crippen LogP contribution is 2.30. The van der Waals surface area contributed by atoms with Crippen LogP contribution in [0.15, 0.2) is 40.8 Å². The Kier molecular flexibility index (Phi) is 5.05. The SMILES string of the molecule is COC(=O)/C=C(/Nc1ccc2nccnc2c1Br)C(=O)OC. The van der Waals surface area contributed by atoms with E-state index in [-0.39, 0.29) is 5.70 Å². The molecule has 114 valence electrons. The second kappa shape index (κ2) is 6.99. The predicted octanol–water partition coefficient (Wildman–Crippen LogP) is 2.03. The van der Waals surface area contributed by atoms with Crippen LogP contribution in [0.3, 0.4) is 0 Å². The Hall–Kier alpha value is -2.48. The van der Waals surface area contributed by atoms with Crippen molar-refractivity contribution >= 4 is 44.6 Å². The topological polar surface area (TPSA) is 90.4 Å². The van der Waals surface area contributed by atoms with Crippen LogP contribution in [0.25, 0.3) is 11.0 Å². The van der Waals surface area contributed by atoms with E-state index in [9.17, 15) is 9.59 Å². The molecule has 0 aliphatic heterocycles. The van der Waals surface area contributed by atoms with Gasteiger partial charge in [0.15, 0.2) is 0 Å². The molecule has 0 saturated heterocycles. The smallest absolute Gasteiger partial charge is 0.354 e. The number of aromatic nitrogens is 2. The van der Waals surface area contributed by atoms with Crippen LogP contribution in [0.2, 0.25) is 0 Å². The summed E-state index contributed by atoms with van der Waals surface area (Å²) in [6, 6.07) is 3.44. The van der Waals surface area contributed by atoms with Crippen molar-refractivity contribution in [3.63, 3.8) is 0 Å². The van der Waals surface area contributed by atoms with Crippen molar-refractivity contribution in [3.05, 3.63) is 40.8 Å². The van der Waals surface area contributed by atoms with Crippen LogP contribution in [0.5, 0.6) is 0 Å². The number of hydrogen-bond acceptors (Lipinski definition) is 7. The zero-order valence-corrected chi connectivity index (χ0v) is 13.4. The second-order valence-corrected chi connectivity index (χ2v) is 4.84. The molecule has 2 rings (SSSR count). The van der Waals surface area contributed by atoms with Crippen molar-refractivity contribution in [2.24, 2.45) is 0 Å². The molecule has 0 atom stereocenters. The van der Waals surface area contributed by atoms with Gasteiger partial charge in [-0.15, -0.1) is 0 Å². The Labute approximate surface area is 134 Å². The van der Waals surface area contributed by atoms with Crippen LogP contribution in [-0.2, 0) is 19.1 Å². The molecule has 0 aliphatic carbocycles. The highest BCUT2D eigenvalue weighted by Gasteiger charge is 2.15. The molecule has 0 aliphatic rings. The van der Waals surface area contributed by atoms with E-state index in [2.05, 4.69) is 40.7 Å². The zero-order chi connectivity index (χ0) is 16.1. The summed E-state index contributed by atoms with van der Waals surface area (Å²) in [5, 5.41) is 2.83. The van der Waals surface area contributed by atoms with Crippen LogP contribution in [0.1, 0.15) is 0 Å². The van der Waals surface area contributed by atoms with Gasteiger partial charge in [0.1, 0.15) is 11.2 Å². The van der Waals surface area contributed by atoms with E-state index in [0.29, 0.717) is 21.2 Å². The monoisotopic (exact) mass is 365 g/mol. The van der Waals surface area contributed by atoms with Crippen molar-refractivity contribution in [1.82, 2.24) is 9.97 Å². The summed E-state index contributed by atoms with van der Waals surface area (Å²) >= 11 is 3.40. The first-order chi connectivity index (χ1) is 10.6. The van der Waals surface area contributed by atoms with Gasteiger partial charge in [0.2, 0.25) is 0 Å². The van der Waals surface area contributed by atoms with Gasteiger partial charge in [0.25, 0.3) is 0 Å². The molecule has 7 nitrogen and oxygen atoms in total. The van der Waals surface area contributed by atoms with E-state index in [0.717, 1.165) is 6.08 Å². The Morgan fingerprint density at radius 3 is 2.59 bits per heavy atom. The third-order valence-corrected chi connectivity index (χ3v) is 3.52. The van der Waals surface area contributed by atoms with Crippen molar-refractivity contribution in [3.8, 4) is 0 Å². The summed E-state index contributed by atoms with van der Waals surface area (Å²) in [5.74, 6) is -1.37. The zero-order valence-electron chi connectivity index (χ0n) is 11.8. The number of hydrogen-bond donors (Lipinski definition) is 1. The summed E-state index contributed by atoms with van der Waals surface area (Å²) in [5.41, 5.74) is 1.79. The molecule has 1 aromatic carbocycles. The molecule has 0 saturated carbocycles. The van der Waals surface area contributed by atoms with Crippen molar-refractivity contribution < 1.29 is 19.1 Å². The highest BCUT2D eigenvalue weighted by molar-refractivity contribution is 9.10. The number of nitrogens with one attached hydrogen (secondary N) is 1. The fourth-order valence-electron chi connectivity index (χ4n) is 1.68. The Bertz CT molecular complexity index is 761. The van der Waals surface area contributed by atoms with Gasteiger partial charge < -0.3 is 14.8 Å². The number of carbonyl (C=O) groups excluding carboxylic acids is 2. The number of fused-ring (bicyclic) bond motifs is 1. The lowest BCUT2D eigenvalue weighted by molar-refractivity contribution is -0.138. The van der Waals surface area contributed by atoms with Crippen molar-refractivity contribution in [2.45, 2.75) is 0 Å². The summed E-state index contributed by atoms with van der Waals surface area (Å²) in [7, 11) is 2.44. The van der Waals surface area contributed by atoms with Gasteiger partial charge in [-0.05, 0) is 28.1 Å². The molecule has 0 bridgehead atoms. The standard InChI is InChI=1S/C14H12BrN3O4/c1-21-11(19)7-10(14(20)22-2)18-8-3-4-9-13(12(8)15)17-6-5-16-9/h3-7,18H,1-2H3/b10-7+. The van der Waals surface area contributed by atoms with Gasteiger partial charge in [-0.3, -0.25) is 9.97 Å². The van der Waals surface area contributed by atoms with Gasteiger partial charge in [-0.2, -0.15) is 0 Å². The van der Waals surface area contributed by atoms with E-state index < -0.39 is 11.9 Å². The van der Waals surface area contributed by atoms with E-state index >= 15 is 0 Å². The molecule has 8 heteroatoms. The molecule has 2 aromatic rings. The largest absolute Gasteiger partial charge is 0.466 e. The summed E-state index contributed by atoms with van der Waals surface area (Å²) in [4.78, 5) is 31.5. The summed E-state index contributed by atoms with van der Waals surface area (Å²) in [6.45, 7) is 0. The number of anilines is 1. The number of halogens is 1. The Balaban J connectivity index is 2.42. The minimum Gasteiger partial charge on any atom is -0.466 e. The first-order valence-electron chi connectivity index (χ1n) is 6.11. The fourth-order valence-corrected chi connectivity index (χ4v) is 2.21. The minimum atomic E-state index is -0.698. The Morgan fingerprint density at radius 1 is 1.18 bits per heavy atom. The summed E-state index contributed by atoms with van der Waals surface area (Å²) < 4.78 is 9.76. The molecule has 1 aromatic heterocycles. The van der Waals surface area contributed by atoms with Gasteiger partial charge >= 0.3 is 11.9 Å². The van der Waals surface area contributed by atoms with E-state index in [1.807, 2.05) is 0 Å². The quantitative estimate of drug-likeness (QED) is 0.654. The number of ether oxygens (including phenoxy) is 2. The van der Waals surface area contributed by atoms with Crippen LogP contribution in [0.4, 0.5) is 5.69 Å². The molecule has 1 N–H and O–H groups in total. The number of nitrogens with zero attached hydrogens (tertiary/aromatic N) is 2. The van der Waals surface area contributed by atoms with E-state index in [1.54, 1.807) is 24.5 Å². The maximum Gasteiger partial charge on any atom is 0.354 e. The lowest BCUT2D eigenvalue weighted by atomic mass is 10.2. The molecule has 0 radical (unpaired) electrons. The second-order valence-electron chi connectivity index (χ2n) is 4.05. The molecular weight excluding hydrogens is 354 g/mol. The number of rotatable bonds is 4. The van der Waals surface area contributed by atoms with E-state index in [1.165, 1.54) is 14.2 Å². The van der Waals surface area contributed by atoms with Gasteiger partial charge in [-0.25, -0.2) is 9.59 Å². The summed E-state index contributed by atoms with van der Waals surface area (Å²) in [6.07, 6.45) is 4.15. The number of methoxy groups -OCH3 is 2. The Morgan fingerprint density at radius 2 is 1.91 bits per heavy atom. The minimum absolute atomic E-state index is 0.0571. The van der Waals surface area contributed by atoms with Crippen LogP contribution >= 0.6 is 15.9 Å². The van der Waals surface area contributed by atoms with Gasteiger partial charge in [0.05, 0.1) is 36.0 Å². The maximum atomic E-state index is 11.7. The van der Waals surface area contributed by atoms with Crippen LogP contribution in [0, 0.1) is 0 Å². The third-order valence-electron chi connectivity index (χ3n) is 2.72. The lowest BCUT2D eigenvalue weighted by Crippen LogP contribution is -2.15. The predicted molar refractivity (Wildman–Crippen MR) is 83.0 cm³/mol. The molecule has 22 heavy (non-hydrogen) atoms. The normalized spacial score (nSPS) is 11.1. The van der Waals surface area contributed by atoms with Crippen molar-refractivity contribution in [2.75, 3.05) is 19.5 Å². The van der Waals surface area contributed by atoms with Gasteiger partial charge in [0, 0.05) is 12.4 Å². The molecule has 0 unspecified atom stereocenters. The van der Waals surface area contributed by atoms with Crippen molar-refractivity contribution in [1.29, 1.82) is 0 Å². The van der Waals surface area contributed by atoms with Crippen LogP contribution < -0.4 is 5.32 Å². The average molecular weight is 366 g/mol. The number of carbonyl (C=O) groups is 2. The maximum absolute atomic E-state index is 11.7. The van der Waals surface area contributed by atoms with Gasteiger partial charge in [-0.1, -0.05) is 0 Å². The van der Waals surface area contributed by atoms with Crippen LogP contribution in [-0.4, -0.2) is 36.1 Å². The molecule has 0 spiro atoms. The van der Waals surface area contributed by atoms with E-state index in [4.69, 9.17) is 0 Å². The lowest BCUT2D eigenvalue weighted by Gasteiger charge is -2.11. The molecule has 0 amide bonds. The molecule has 0 fully saturated rings. The fraction of sp³-hybridized carbons (Fsp3) is 0.143. The molecule has 1 heterocycles. The first kappa shape index (κ1) is 15.9. The molecular formula is C14H12BrN3O4. The average Bonchev–Trinajstić information content (AvgIpc) is 2.55. The number of esters is 2. The highest BCUT2D eigenvalue weighted by atomic mass is 79.9. The third kappa shape index (κ3) is 3.40.